The predicted octanol–water partition coefficient (Wildman–Crippen LogP) is 1.84. The van der Waals surface area contributed by atoms with Crippen molar-refractivity contribution >= 4 is 0 Å². The lowest BCUT2D eigenvalue weighted by atomic mass is 9.90. The van der Waals surface area contributed by atoms with E-state index in [0.717, 1.165) is 24.9 Å². The van der Waals surface area contributed by atoms with E-state index in [4.69, 9.17) is 5.73 Å². The first-order valence-corrected chi connectivity index (χ1v) is 5.62. The Labute approximate surface area is 82.5 Å². The third-order valence-corrected chi connectivity index (χ3v) is 3.57. The Morgan fingerprint density at radius 3 is 2.77 bits per heavy atom. The highest BCUT2D eigenvalue weighted by Gasteiger charge is 2.27. The Hall–Kier alpha value is -0.0800. The molecule has 1 heterocycles. The summed E-state index contributed by atoms with van der Waals surface area (Å²) in [6.07, 6.45) is 3.89. The van der Waals surface area contributed by atoms with Crippen LogP contribution in [0.4, 0.5) is 0 Å². The van der Waals surface area contributed by atoms with Crippen molar-refractivity contribution in [1.29, 1.82) is 0 Å². The topological polar surface area (TPSA) is 29.3 Å². The van der Waals surface area contributed by atoms with Gasteiger partial charge in [0.05, 0.1) is 0 Å². The van der Waals surface area contributed by atoms with Gasteiger partial charge < -0.3 is 5.73 Å². The van der Waals surface area contributed by atoms with Crippen molar-refractivity contribution in [3.63, 3.8) is 0 Å². The number of hydrogen-bond acceptors (Lipinski definition) is 2. The fourth-order valence-corrected chi connectivity index (χ4v) is 2.40. The Bertz CT molecular complexity index is 147. The van der Waals surface area contributed by atoms with E-state index in [1.807, 2.05) is 0 Å². The largest absolute Gasteiger partial charge is 0.330 e. The monoisotopic (exact) mass is 184 g/mol. The van der Waals surface area contributed by atoms with Crippen LogP contribution in [0.5, 0.6) is 0 Å². The van der Waals surface area contributed by atoms with E-state index in [2.05, 4.69) is 25.7 Å². The van der Waals surface area contributed by atoms with Gasteiger partial charge in [0.25, 0.3) is 0 Å². The maximum absolute atomic E-state index is 5.59. The van der Waals surface area contributed by atoms with Gasteiger partial charge in [0.1, 0.15) is 0 Å². The summed E-state index contributed by atoms with van der Waals surface area (Å²) >= 11 is 0. The summed E-state index contributed by atoms with van der Waals surface area (Å²) in [5, 5.41) is 0. The zero-order chi connectivity index (χ0) is 9.84. The molecule has 1 aliphatic heterocycles. The third-order valence-electron chi connectivity index (χ3n) is 3.57. The number of likely N-dealkylation sites (tertiary alicyclic amines) is 1. The smallest absolute Gasteiger partial charge is 0.00953 e. The fraction of sp³-hybridized carbons (Fsp3) is 1.00. The van der Waals surface area contributed by atoms with Gasteiger partial charge in [-0.05, 0) is 52.1 Å². The van der Waals surface area contributed by atoms with E-state index in [0.29, 0.717) is 6.04 Å². The number of nitrogens with zero attached hydrogens (tertiary/aromatic N) is 1. The van der Waals surface area contributed by atoms with Crippen LogP contribution < -0.4 is 5.73 Å². The molecule has 1 saturated heterocycles. The third kappa shape index (κ3) is 2.68. The summed E-state index contributed by atoms with van der Waals surface area (Å²) in [6, 6.07) is 1.41. The highest BCUT2D eigenvalue weighted by molar-refractivity contribution is 4.82. The molecule has 2 nitrogen and oxygen atoms in total. The van der Waals surface area contributed by atoms with Crippen molar-refractivity contribution in [3.05, 3.63) is 0 Å². The average molecular weight is 184 g/mol. The van der Waals surface area contributed by atoms with Crippen LogP contribution in [0.25, 0.3) is 0 Å². The number of nitrogens with two attached hydrogens (primary N) is 1. The van der Waals surface area contributed by atoms with Crippen molar-refractivity contribution < 1.29 is 0 Å². The van der Waals surface area contributed by atoms with E-state index in [1.165, 1.54) is 19.4 Å². The fourth-order valence-electron chi connectivity index (χ4n) is 2.40. The maximum Gasteiger partial charge on any atom is 0.00953 e. The molecule has 1 rings (SSSR count). The molecule has 0 bridgehead atoms. The zero-order valence-electron chi connectivity index (χ0n) is 9.29. The molecule has 0 saturated carbocycles. The summed E-state index contributed by atoms with van der Waals surface area (Å²) in [5.74, 6) is 0.856. The van der Waals surface area contributed by atoms with Gasteiger partial charge >= 0.3 is 0 Å². The van der Waals surface area contributed by atoms with Crippen LogP contribution in [-0.4, -0.2) is 30.1 Å². The molecule has 0 aromatic rings. The van der Waals surface area contributed by atoms with Gasteiger partial charge in [-0.25, -0.2) is 0 Å². The normalized spacial score (nSPS) is 33.2. The SMILES string of the molecule is CC1CCCN(C(C)CCN)C1C. The standard InChI is InChI=1S/C11H24N2/c1-9-5-4-8-13(11(9)3)10(2)6-7-12/h9-11H,4-8,12H2,1-3H3. The Balaban J connectivity index is 2.46. The molecule has 78 valence electrons. The number of piperidine rings is 1. The molecule has 3 atom stereocenters. The van der Waals surface area contributed by atoms with Crippen LogP contribution >= 0.6 is 0 Å². The second-order valence-electron chi connectivity index (χ2n) is 4.52. The van der Waals surface area contributed by atoms with Crippen LogP contribution in [0.1, 0.15) is 40.0 Å². The first kappa shape index (κ1) is 11.0. The quantitative estimate of drug-likeness (QED) is 0.725. The molecule has 0 aliphatic carbocycles. The number of rotatable bonds is 3. The first-order chi connectivity index (χ1) is 6.16. The van der Waals surface area contributed by atoms with E-state index in [1.54, 1.807) is 0 Å². The Morgan fingerprint density at radius 2 is 2.15 bits per heavy atom. The van der Waals surface area contributed by atoms with E-state index >= 15 is 0 Å². The van der Waals surface area contributed by atoms with Gasteiger partial charge in [0.2, 0.25) is 0 Å². The average Bonchev–Trinajstić information content (AvgIpc) is 2.10. The van der Waals surface area contributed by atoms with Crippen molar-refractivity contribution in [1.82, 2.24) is 4.90 Å². The van der Waals surface area contributed by atoms with Gasteiger partial charge in [-0.15, -0.1) is 0 Å². The second-order valence-corrected chi connectivity index (χ2v) is 4.52. The molecule has 1 fully saturated rings. The highest BCUT2D eigenvalue weighted by atomic mass is 15.2. The molecule has 13 heavy (non-hydrogen) atoms. The molecule has 2 N–H and O–H groups in total. The summed E-state index contributed by atoms with van der Waals surface area (Å²) in [4.78, 5) is 2.63. The molecule has 0 aromatic carbocycles. The first-order valence-electron chi connectivity index (χ1n) is 5.62. The molecule has 3 unspecified atom stereocenters. The minimum absolute atomic E-state index is 0.669. The van der Waals surface area contributed by atoms with E-state index < -0.39 is 0 Å². The van der Waals surface area contributed by atoms with Crippen LogP contribution in [0, 0.1) is 5.92 Å². The van der Waals surface area contributed by atoms with Gasteiger partial charge in [-0.2, -0.15) is 0 Å². The van der Waals surface area contributed by atoms with Gasteiger partial charge in [0.15, 0.2) is 0 Å². The Morgan fingerprint density at radius 1 is 1.46 bits per heavy atom. The molecule has 0 spiro atoms. The van der Waals surface area contributed by atoms with Crippen LogP contribution in [0.3, 0.4) is 0 Å². The highest BCUT2D eigenvalue weighted by Crippen LogP contribution is 2.25. The number of hydrogen-bond donors (Lipinski definition) is 1. The lowest BCUT2D eigenvalue weighted by Gasteiger charge is -2.41. The van der Waals surface area contributed by atoms with E-state index in [-0.39, 0.29) is 0 Å². The molecule has 0 radical (unpaired) electrons. The van der Waals surface area contributed by atoms with Crippen molar-refractivity contribution in [2.24, 2.45) is 11.7 Å². The van der Waals surface area contributed by atoms with Crippen LogP contribution in [-0.2, 0) is 0 Å². The lowest BCUT2D eigenvalue weighted by molar-refractivity contribution is 0.0728. The van der Waals surface area contributed by atoms with E-state index in [9.17, 15) is 0 Å². The minimum atomic E-state index is 0.669. The Kier molecular flexibility index (Phi) is 4.20. The zero-order valence-corrected chi connectivity index (χ0v) is 9.29. The van der Waals surface area contributed by atoms with Gasteiger partial charge in [-0.3, -0.25) is 4.90 Å². The predicted molar refractivity (Wildman–Crippen MR) is 57.7 cm³/mol. The van der Waals surface area contributed by atoms with Crippen LogP contribution in [0.15, 0.2) is 0 Å². The molecule has 0 amide bonds. The summed E-state index contributed by atoms with van der Waals surface area (Å²) in [5.41, 5.74) is 5.59. The summed E-state index contributed by atoms with van der Waals surface area (Å²) in [7, 11) is 0. The maximum atomic E-state index is 5.59. The summed E-state index contributed by atoms with van der Waals surface area (Å²) < 4.78 is 0. The second kappa shape index (κ2) is 4.97. The van der Waals surface area contributed by atoms with Crippen LogP contribution in [0.2, 0.25) is 0 Å². The van der Waals surface area contributed by atoms with Crippen molar-refractivity contribution in [3.8, 4) is 0 Å². The molecule has 1 aliphatic rings. The lowest BCUT2D eigenvalue weighted by Crippen LogP contribution is -2.47. The van der Waals surface area contributed by atoms with Gasteiger partial charge in [0, 0.05) is 12.1 Å². The molecule has 2 heteroatoms. The van der Waals surface area contributed by atoms with Gasteiger partial charge in [-0.1, -0.05) is 6.92 Å². The summed E-state index contributed by atoms with van der Waals surface area (Å²) in [6.45, 7) is 9.12. The molecule has 0 aromatic heterocycles. The minimum Gasteiger partial charge on any atom is -0.330 e. The molecular weight excluding hydrogens is 160 g/mol. The van der Waals surface area contributed by atoms with Crippen molar-refractivity contribution in [2.45, 2.75) is 52.1 Å². The van der Waals surface area contributed by atoms with Crippen molar-refractivity contribution in [2.75, 3.05) is 13.1 Å². The molecular formula is C11H24N2.